The normalized spacial score (nSPS) is 11.2. The van der Waals surface area contributed by atoms with E-state index in [0.717, 1.165) is 32.0 Å². The maximum absolute atomic E-state index is 10.9. The fourth-order valence-electron chi connectivity index (χ4n) is 2.34. The molecule has 0 aliphatic carbocycles. The smallest absolute Gasteiger partial charge is 0.123 e. The highest BCUT2D eigenvalue weighted by molar-refractivity contribution is 5.54. The molecule has 22 heavy (non-hydrogen) atoms. The zero-order valence-electron chi connectivity index (χ0n) is 14.1. The summed E-state index contributed by atoms with van der Waals surface area (Å²) in [5.74, 6) is 0.200. The van der Waals surface area contributed by atoms with Gasteiger partial charge in [0.1, 0.15) is 6.29 Å². The highest BCUT2D eigenvalue weighted by Gasteiger charge is 2.08. The molecule has 0 aromatic heterocycles. The van der Waals surface area contributed by atoms with Gasteiger partial charge in [0, 0.05) is 5.92 Å². The minimum Gasteiger partial charge on any atom is -0.303 e. The van der Waals surface area contributed by atoms with Crippen LogP contribution in [0.15, 0.2) is 54.6 Å². The lowest BCUT2D eigenvalue weighted by atomic mass is 9.93. The summed E-state index contributed by atoms with van der Waals surface area (Å²) in [4.78, 5) is 10.9. The molecule has 1 unspecified atom stereocenters. The Bertz CT molecular complexity index is 531. The molecule has 0 aliphatic heterocycles. The first-order valence-electron chi connectivity index (χ1n) is 8.18. The van der Waals surface area contributed by atoms with Crippen molar-refractivity contribution in [3.05, 3.63) is 71.3 Å². The molecule has 0 spiro atoms. The zero-order chi connectivity index (χ0) is 16.2. The van der Waals surface area contributed by atoms with E-state index in [1.165, 1.54) is 16.7 Å². The highest BCUT2D eigenvalue weighted by atomic mass is 16.1. The van der Waals surface area contributed by atoms with Gasteiger partial charge in [-0.05, 0) is 37.8 Å². The first kappa shape index (κ1) is 18.2. The van der Waals surface area contributed by atoms with Crippen molar-refractivity contribution < 1.29 is 4.79 Å². The molecule has 1 nitrogen and oxygen atoms in total. The van der Waals surface area contributed by atoms with Crippen molar-refractivity contribution in [1.29, 1.82) is 0 Å². The van der Waals surface area contributed by atoms with Crippen LogP contribution in [0.25, 0.3) is 0 Å². The molecule has 118 valence electrons. The lowest BCUT2D eigenvalue weighted by molar-refractivity contribution is -0.111. The van der Waals surface area contributed by atoms with Crippen LogP contribution in [-0.4, -0.2) is 6.29 Å². The topological polar surface area (TPSA) is 17.1 Å². The van der Waals surface area contributed by atoms with E-state index in [1.807, 2.05) is 30.3 Å². The van der Waals surface area contributed by atoms with E-state index in [1.54, 1.807) is 0 Å². The molecule has 0 heterocycles. The summed E-state index contributed by atoms with van der Waals surface area (Å²) in [6.07, 6.45) is 5.35. The van der Waals surface area contributed by atoms with E-state index in [0.29, 0.717) is 0 Å². The Morgan fingerprint density at radius 3 is 2.09 bits per heavy atom. The lowest BCUT2D eigenvalue weighted by Gasteiger charge is -2.11. The molecule has 0 radical (unpaired) electrons. The number of aldehydes is 1. The first-order chi connectivity index (χ1) is 10.7. The quantitative estimate of drug-likeness (QED) is 0.640. The third kappa shape index (κ3) is 7.21. The van der Waals surface area contributed by atoms with Crippen LogP contribution in [0.5, 0.6) is 0 Å². The van der Waals surface area contributed by atoms with Crippen molar-refractivity contribution in [3.63, 3.8) is 0 Å². The molecule has 2 aromatic rings. The van der Waals surface area contributed by atoms with Gasteiger partial charge >= 0.3 is 0 Å². The van der Waals surface area contributed by atoms with Crippen LogP contribution in [0.2, 0.25) is 0 Å². The average molecular weight is 296 g/mol. The number of rotatable bonds is 6. The van der Waals surface area contributed by atoms with Crippen LogP contribution in [0.1, 0.15) is 42.9 Å². The van der Waals surface area contributed by atoms with Crippen molar-refractivity contribution in [3.8, 4) is 0 Å². The summed E-state index contributed by atoms with van der Waals surface area (Å²) in [6.45, 7) is 6.35. The molecule has 0 N–H and O–H groups in total. The fraction of sp³-hybridized carbons (Fsp3) is 0.381. The minimum atomic E-state index is 0.200. The Labute approximate surface area is 135 Å². The third-order valence-electron chi connectivity index (χ3n) is 3.80. The van der Waals surface area contributed by atoms with Crippen molar-refractivity contribution in [1.82, 2.24) is 0 Å². The first-order valence-corrected chi connectivity index (χ1v) is 8.18. The maximum atomic E-state index is 10.9. The van der Waals surface area contributed by atoms with Gasteiger partial charge in [0.15, 0.2) is 0 Å². The molecular formula is C21H28O. The van der Waals surface area contributed by atoms with Crippen LogP contribution in [-0.2, 0) is 11.2 Å². The molecule has 0 amide bonds. The molecule has 1 atom stereocenters. The minimum absolute atomic E-state index is 0.200. The van der Waals surface area contributed by atoms with E-state index >= 15 is 0 Å². The van der Waals surface area contributed by atoms with E-state index in [9.17, 15) is 4.79 Å². The molecule has 0 saturated carbocycles. The summed E-state index contributed by atoms with van der Waals surface area (Å²) in [6, 6.07) is 18.6. The molecule has 0 bridgehead atoms. The molecule has 0 aliphatic rings. The monoisotopic (exact) mass is 296 g/mol. The number of benzene rings is 2. The van der Waals surface area contributed by atoms with Crippen LogP contribution < -0.4 is 0 Å². The lowest BCUT2D eigenvalue weighted by Crippen LogP contribution is -2.07. The van der Waals surface area contributed by atoms with Gasteiger partial charge < -0.3 is 4.79 Å². The van der Waals surface area contributed by atoms with Crippen molar-refractivity contribution >= 4 is 6.29 Å². The van der Waals surface area contributed by atoms with Gasteiger partial charge in [-0.3, -0.25) is 0 Å². The Balaban J connectivity index is 0.000000287. The van der Waals surface area contributed by atoms with Crippen molar-refractivity contribution in [2.45, 2.75) is 46.5 Å². The highest BCUT2D eigenvalue weighted by Crippen LogP contribution is 2.16. The SMILES string of the molecule is CCCCC(C=O)Cc1ccccc1C.Cc1ccccc1. The number of aryl methyl sites for hydroxylation is 2. The van der Waals surface area contributed by atoms with Crippen LogP contribution in [0, 0.1) is 19.8 Å². The van der Waals surface area contributed by atoms with Gasteiger partial charge in [0.05, 0.1) is 0 Å². The molecular weight excluding hydrogens is 268 g/mol. The number of unbranched alkanes of at least 4 members (excludes halogenated alkanes) is 1. The van der Waals surface area contributed by atoms with Gasteiger partial charge in [-0.25, -0.2) is 0 Å². The van der Waals surface area contributed by atoms with Gasteiger partial charge in [-0.2, -0.15) is 0 Å². The standard InChI is InChI=1S/C14H20O.C7H8/c1-3-4-8-13(11-15)10-14-9-6-5-7-12(14)2;1-7-5-3-2-4-6-7/h5-7,9,11,13H,3-4,8,10H2,1-2H3;2-6H,1H3. The summed E-state index contributed by atoms with van der Waals surface area (Å²) < 4.78 is 0. The Hall–Kier alpha value is -1.89. The molecule has 2 rings (SSSR count). The van der Waals surface area contributed by atoms with Gasteiger partial charge in [0.25, 0.3) is 0 Å². The number of carbonyl (C=O) groups excluding carboxylic acids is 1. The predicted octanol–water partition coefficient (Wildman–Crippen LogP) is 5.54. The maximum Gasteiger partial charge on any atom is 0.123 e. The van der Waals surface area contributed by atoms with Crippen molar-refractivity contribution in [2.24, 2.45) is 5.92 Å². The van der Waals surface area contributed by atoms with Crippen molar-refractivity contribution in [2.75, 3.05) is 0 Å². The second-order valence-corrected chi connectivity index (χ2v) is 5.82. The Morgan fingerprint density at radius 1 is 0.955 bits per heavy atom. The molecule has 0 fully saturated rings. The Kier molecular flexibility index (Phi) is 8.90. The number of hydrogen-bond acceptors (Lipinski definition) is 1. The van der Waals surface area contributed by atoms with Gasteiger partial charge in [-0.1, -0.05) is 79.9 Å². The van der Waals surface area contributed by atoms with Crippen LogP contribution >= 0.6 is 0 Å². The number of hydrogen-bond donors (Lipinski definition) is 0. The van der Waals surface area contributed by atoms with E-state index in [2.05, 4.69) is 45.0 Å². The summed E-state index contributed by atoms with van der Waals surface area (Å²) in [5, 5.41) is 0. The summed E-state index contributed by atoms with van der Waals surface area (Å²) in [7, 11) is 0. The molecule has 2 aromatic carbocycles. The van der Waals surface area contributed by atoms with Crippen LogP contribution in [0.3, 0.4) is 0 Å². The Morgan fingerprint density at radius 2 is 1.59 bits per heavy atom. The summed E-state index contributed by atoms with van der Waals surface area (Å²) >= 11 is 0. The van der Waals surface area contributed by atoms with Crippen LogP contribution in [0.4, 0.5) is 0 Å². The largest absolute Gasteiger partial charge is 0.303 e. The molecule has 0 saturated heterocycles. The molecule has 1 heteroatoms. The average Bonchev–Trinajstić information content (AvgIpc) is 2.54. The van der Waals surface area contributed by atoms with Gasteiger partial charge in [-0.15, -0.1) is 0 Å². The van der Waals surface area contributed by atoms with Gasteiger partial charge in [0.2, 0.25) is 0 Å². The second-order valence-electron chi connectivity index (χ2n) is 5.82. The predicted molar refractivity (Wildman–Crippen MR) is 95.1 cm³/mol. The second kappa shape index (κ2) is 10.8. The fourth-order valence-corrected chi connectivity index (χ4v) is 2.34. The van der Waals surface area contributed by atoms with E-state index in [-0.39, 0.29) is 5.92 Å². The van der Waals surface area contributed by atoms with E-state index in [4.69, 9.17) is 0 Å². The number of carbonyl (C=O) groups is 1. The van der Waals surface area contributed by atoms with E-state index < -0.39 is 0 Å². The summed E-state index contributed by atoms with van der Waals surface area (Å²) in [5.41, 5.74) is 3.93. The third-order valence-corrected chi connectivity index (χ3v) is 3.80. The zero-order valence-corrected chi connectivity index (χ0v) is 14.1.